The first-order valence-corrected chi connectivity index (χ1v) is 7.15. The van der Waals surface area contributed by atoms with E-state index in [2.05, 4.69) is 24.4 Å². The van der Waals surface area contributed by atoms with Crippen LogP contribution in [0.2, 0.25) is 0 Å². The third-order valence-corrected chi connectivity index (χ3v) is 3.52. The Bertz CT molecular complexity index is 617. The summed E-state index contributed by atoms with van der Waals surface area (Å²) >= 11 is 0. The maximum atomic E-state index is 13.7. The average molecular weight is 282 g/mol. The molecule has 0 saturated carbocycles. The molecule has 0 saturated heterocycles. The highest BCUT2D eigenvalue weighted by molar-refractivity contribution is 5.33. The summed E-state index contributed by atoms with van der Waals surface area (Å²) in [5, 5.41) is 12.2. The molecule has 2 rings (SSSR count). The van der Waals surface area contributed by atoms with Gasteiger partial charge in [0.05, 0.1) is 11.6 Å². The first-order chi connectivity index (χ1) is 10.2. The van der Waals surface area contributed by atoms with Crippen LogP contribution in [0.5, 0.6) is 0 Å². The Hall–Kier alpha value is -2.18. The number of nitrogens with zero attached hydrogens (tertiary/aromatic N) is 1. The zero-order chi connectivity index (χ0) is 15.1. The molecular weight excluding hydrogens is 263 g/mol. The quantitative estimate of drug-likeness (QED) is 0.874. The maximum absolute atomic E-state index is 13.7. The van der Waals surface area contributed by atoms with Gasteiger partial charge in [-0.3, -0.25) is 0 Å². The van der Waals surface area contributed by atoms with Crippen LogP contribution < -0.4 is 5.32 Å². The van der Waals surface area contributed by atoms with Gasteiger partial charge in [-0.05, 0) is 43.5 Å². The van der Waals surface area contributed by atoms with Crippen LogP contribution >= 0.6 is 0 Å². The van der Waals surface area contributed by atoms with E-state index in [4.69, 9.17) is 5.26 Å². The monoisotopic (exact) mass is 282 g/mol. The molecule has 0 aliphatic carbocycles. The van der Waals surface area contributed by atoms with Crippen LogP contribution in [0.4, 0.5) is 4.39 Å². The number of halogens is 1. The van der Waals surface area contributed by atoms with Crippen LogP contribution in [0.1, 0.15) is 30.0 Å². The summed E-state index contributed by atoms with van der Waals surface area (Å²) in [6.45, 7) is 2.53. The molecule has 0 aliphatic rings. The standard InChI is InChI=1S/C18H19FN2/c1-14(7-8-15-5-3-2-4-6-15)21-13-17-11-16(12-20)9-10-18(17)19/h2-6,9-11,14,21H,7-8,13H2,1H3. The third-order valence-electron chi connectivity index (χ3n) is 3.52. The minimum absolute atomic E-state index is 0.267. The van der Waals surface area contributed by atoms with Gasteiger partial charge in [-0.25, -0.2) is 4.39 Å². The van der Waals surface area contributed by atoms with Crippen molar-refractivity contribution in [1.82, 2.24) is 5.32 Å². The Kier molecular flexibility index (Phi) is 5.48. The smallest absolute Gasteiger partial charge is 0.127 e. The lowest BCUT2D eigenvalue weighted by Crippen LogP contribution is -2.26. The summed E-state index contributed by atoms with van der Waals surface area (Å²) in [7, 11) is 0. The minimum Gasteiger partial charge on any atom is -0.310 e. The number of hydrogen-bond acceptors (Lipinski definition) is 2. The fourth-order valence-electron chi connectivity index (χ4n) is 2.19. The molecule has 2 nitrogen and oxygen atoms in total. The summed E-state index contributed by atoms with van der Waals surface area (Å²) < 4.78 is 13.7. The van der Waals surface area contributed by atoms with Gasteiger partial charge in [0, 0.05) is 18.2 Å². The van der Waals surface area contributed by atoms with E-state index in [1.54, 1.807) is 6.07 Å². The number of nitrogens with one attached hydrogen (secondary N) is 1. The van der Waals surface area contributed by atoms with E-state index < -0.39 is 0 Å². The molecule has 3 heteroatoms. The molecule has 1 unspecified atom stereocenters. The summed E-state index contributed by atoms with van der Waals surface area (Å²) in [6.07, 6.45) is 1.99. The predicted molar refractivity (Wildman–Crippen MR) is 82.2 cm³/mol. The second kappa shape index (κ2) is 7.56. The molecule has 1 N–H and O–H groups in total. The summed E-state index contributed by atoms with van der Waals surface area (Å²) in [5.41, 5.74) is 2.34. The van der Waals surface area contributed by atoms with Crippen molar-refractivity contribution >= 4 is 0 Å². The van der Waals surface area contributed by atoms with E-state index in [0.717, 1.165) is 12.8 Å². The summed E-state index contributed by atoms with van der Waals surface area (Å²) in [5.74, 6) is -0.267. The van der Waals surface area contributed by atoms with Crippen LogP contribution in [0.25, 0.3) is 0 Å². The normalized spacial score (nSPS) is 11.9. The lowest BCUT2D eigenvalue weighted by atomic mass is 10.1. The van der Waals surface area contributed by atoms with Crippen molar-refractivity contribution in [2.24, 2.45) is 0 Å². The van der Waals surface area contributed by atoms with E-state index in [1.807, 2.05) is 24.3 Å². The maximum Gasteiger partial charge on any atom is 0.127 e. The van der Waals surface area contributed by atoms with E-state index >= 15 is 0 Å². The molecular formula is C18H19FN2. The second-order valence-electron chi connectivity index (χ2n) is 5.22. The molecule has 1 atom stereocenters. The Morgan fingerprint density at radius 1 is 1.19 bits per heavy atom. The molecule has 0 aromatic heterocycles. The zero-order valence-electron chi connectivity index (χ0n) is 12.1. The molecule has 0 bridgehead atoms. The molecule has 0 radical (unpaired) electrons. The van der Waals surface area contributed by atoms with Gasteiger partial charge >= 0.3 is 0 Å². The van der Waals surface area contributed by atoms with Crippen molar-refractivity contribution in [2.75, 3.05) is 0 Å². The number of nitriles is 1. The average Bonchev–Trinajstić information content (AvgIpc) is 2.53. The molecule has 108 valence electrons. The van der Waals surface area contributed by atoms with Gasteiger partial charge < -0.3 is 5.32 Å². The number of aryl methyl sites for hydroxylation is 1. The van der Waals surface area contributed by atoms with Crippen LogP contribution in [0.3, 0.4) is 0 Å². The van der Waals surface area contributed by atoms with Gasteiger partial charge in [0.25, 0.3) is 0 Å². The van der Waals surface area contributed by atoms with E-state index in [1.165, 1.54) is 17.7 Å². The fourth-order valence-corrected chi connectivity index (χ4v) is 2.19. The van der Waals surface area contributed by atoms with Gasteiger partial charge in [0.1, 0.15) is 5.82 Å². The Morgan fingerprint density at radius 3 is 2.67 bits per heavy atom. The third kappa shape index (κ3) is 4.70. The Labute approximate surface area is 125 Å². The van der Waals surface area contributed by atoms with Gasteiger partial charge in [0.2, 0.25) is 0 Å². The Balaban J connectivity index is 1.84. The van der Waals surface area contributed by atoms with Crippen LogP contribution in [0, 0.1) is 17.1 Å². The van der Waals surface area contributed by atoms with Gasteiger partial charge in [-0.15, -0.1) is 0 Å². The van der Waals surface area contributed by atoms with E-state index in [-0.39, 0.29) is 11.9 Å². The minimum atomic E-state index is -0.267. The molecule has 0 heterocycles. The Morgan fingerprint density at radius 2 is 1.95 bits per heavy atom. The first-order valence-electron chi connectivity index (χ1n) is 7.15. The fraction of sp³-hybridized carbons (Fsp3) is 0.278. The topological polar surface area (TPSA) is 35.8 Å². The number of rotatable bonds is 6. The van der Waals surface area contributed by atoms with Crippen molar-refractivity contribution in [2.45, 2.75) is 32.4 Å². The number of benzene rings is 2. The predicted octanol–water partition coefficient (Wildman–Crippen LogP) is 3.81. The highest BCUT2D eigenvalue weighted by atomic mass is 19.1. The van der Waals surface area contributed by atoms with Crippen LogP contribution in [0.15, 0.2) is 48.5 Å². The molecule has 21 heavy (non-hydrogen) atoms. The second-order valence-corrected chi connectivity index (χ2v) is 5.22. The lowest BCUT2D eigenvalue weighted by molar-refractivity contribution is 0.501. The SMILES string of the molecule is CC(CCc1ccccc1)NCc1cc(C#N)ccc1F. The van der Waals surface area contributed by atoms with E-state index in [9.17, 15) is 4.39 Å². The zero-order valence-corrected chi connectivity index (χ0v) is 12.1. The first kappa shape index (κ1) is 15.2. The molecule has 2 aromatic carbocycles. The molecule has 0 amide bonds. The van der Waals surface area contributed by atoms with Gasteiger partial charge in [0.15, 0.2) is 0 Å². The van der Waals surface area contributed by atoms with Crippen molar-refractivity contribution < 1.29 is 4.39 Å². The molecule has 0 spiro atoms. The molecule has 2 aromatic rings. The number of hydrogen-bond donors (Lipinski definition) is 1. The summed E-state index contributed by atoms with van der Waals surface area (Å²) in [6, 6.07) is 17.1. The van der Waals surface area contributed by atoms with Crippen LogP contribution in [-0.4, -0.2) is 6.04 Å². The van der Waals surface area contributed by atoms with Crippen LogP contribution in [-0.2, 0) is 13.0 Å². The van der Waals surface area contributed by atoms with Crippen molar-refractivity contribution in [1.29, 1.82) is 5.26 Å². The highest BCUT2D eigenvalue weighted by Gasteiger charge is 2.06. The van der Waals surface area contributed by atoms with E-state index in [0.29, 0.717) is 17.7 Å². The largest absolute Gasteiger partial charge is 0.310 e. The summed E-state index contributed by atoms with van der Waals surface area (Å²) in [4.78, 5) is 0. The van der Waals surface area contributed by atoms with Gasteiger partial charge in [-0.1, -0.05) is 30.3 Å². The van der Waals surface area contributed by atoms with Gasteiger partial charge in [-0.2, -0.15) is 5.26 Å². The molecule has 0 aliphatic heterocycles. The van der Waals surface area contributed by atoms with Crippen molar-refractivity contribution in [3.05, 3.63) is 71.0 Å². The molecule has 0 fully saturated rings. The van der Waals surface area contributed by atoms with Crippen molar-refractivity contribution in [3.63, 3.8) is 0 Å². The van der Waals surface area contributed by atoms with Crippen molar-refractivity contribution in [3.8, 4) is 6.07 Å². The highest BCUT2D eigenvalue weighted by Crippen LogP contribution is 2.11. The lowest BCUT2D eigenvalue weighted by Gasteiger charge is -2.14.